The van der Waals surface area contributed by atoms with Crippen molar-refractivity contribution in [1.29, 1.82) is 0 Å². The maximum atomic E-state index is 13.2. The van der Waals surface area contributed by atoms with E-state index in [0.717, 1.165) is 17.5 Å². The number of Topliss-reactive ketones (excluding diaryl/α,β-unsaturated/α-hetero) is 1. The van der Waals surface area contributed by atoms with Gasteiger partial charge < -0.3 is 5.11 Å². The number of aliphatic hydroxyl groups excluding tert-OH is 1. The lowest BCUT2D eigenvalue weighted by Gasteiger charge is -2.26. The number of carbonyl (C=O) groups is 2. The van der Waals surface area contributed by atoms with Crippen LogP contribution in [0.25, 0.3) is 5.76 Å². The van der Waals surface area contributed by atoms with E-state index in [1.807, 2.05) is 44.2 Å². The largest absolute Gasteiger partial charge is 0.507 e. The molecule has 1 amide bonds. The van der Waals surface area contributed by atoms with Gasteiger partial charge in [0.05, 0.1) is 21.7 Å². The van der Waals surface area contributed by atoms with Crippen molar-refractivity contribution in [2.45, 2.75) is 26.3 Å². The number of aliphatic hydroxyl groups is 1. The van der Waals surface area contributed by atoms with Crippen LogP contribution in [0.15, 0.2) is 72.3 Å². The van der Waals surface area contributed by atoms with Crippen molar-refractivity contribution in [2.75, 3.05) is 4.90 Å². The van der Waals surface area contributed by atoms with Gasteiger partial charge >= 0.3 is 0 Å². The minimum absolute atomic E-state index is 0.0131. The molecule has 162 valence electrons. The highest BCUT2D eigenvalue weighted by Crippen LogP contribution is 2.43. The fourth-order valence-electron chi connectivity index (χ4n) is 3.93. The Hall–Kier alpha value is -3.08. The van der Waals surface area contributed by atoms with E-state index in [1.165, 1.54) is 4.90 Å². The van der Waals surface area contributed by atoms with Crippen molar-refractivity contribution in [3.63, 3.8) is 0 Å². The van der Waals surface area contributed by atoms with E-state index in [1.54, 1.807) is 36.4 Å². The van der Waals surface area contributed by atoms with Gasteiger partial charge in [0.25, 0.3) is 11.7 Å². The molecule has 3 aromatic carbocycles. The quantitative estimate of drug-likeness (QED) is 0.272. The summed E-state index contributed by atoms with van der Waals surface area (Å²) in [7, 11) is 0. The monoisotopic (exact) mass is 465 g/mol. The Bertz CT molecular complexity index is 1250. The molecule has 1 N–H and O–H groups in total. The van der Waals surface area contributed by atoms with Gasteiger partial charge in [0.2, 0.25) is 0 Å². The number of rotatable bonds is 4. The van der Waals surface area contributed by atoms with E-state index in [-0.39, 0.29) is 11.3 Å². The SMILES string of the molecule is CCc1ccc(/C(O)=C2/C(=O)C(=O)N(c3cccc(C)c3)C2c2ccc(Cl)c(Cl)c2)cc1. The first-order chi connectivity index (χ1) is 15.3. The molecule has 0 aromatic heterocycles. The maximum Gasteiger partial charge on any atom is 0.300 e. The van der Waals surface area contributed by atoms with Crippen molar-refractivity contribution in [3.05, 3.63) is 105 Å². The first-order valence-corrected chi connectivity index (χ1v) is 11.0. The normalized spacial score (nSPS) is 17.8. The minimum Gasteiger partial charge on any atom is -0.507 e. The van der Waals surface area contributed by atoms with Gasteiger partial charge in [0, 0.05) is 11.3 Å². The molecule has 3 aromatic rings. The lowest BCUT2D eigenvalue weighted by molar-refractivity contribution is -0.132. The standard InChI is InChI=1S/C26H21Cl2NO3/c1-3-16-7-9-17(10-8-16)24(30)22-23(18-11-12-20(27)21(28)14-18)29(26(32)25(22)31)19-6-4-5-15(2)13-19/h4-14,23,30H,3H2,1-2H3/b24-22-. The maximum absolute atomic E-state index is 13.2. The van der Waals surface area contributed by atoms with Crippen LogP contribution in [-0.4, -0.2) is 16.8 Å². The molecule has 1 aliphatic rings. The van der Waals surface area contributed by atoms with Crippen molar-refractivity contribution >= 4 is 46.3 Å². The molecule has 1 aliphatic heterocycles. The topological polar surface area (TPSA) is 57.6 Å². The smallest absolute Gasteiger partial charge is 0.300 e. The van der Waals surface area contributed by atoms with E-state index in [2.05, 4.69) is 0 Å². The van der Waals surface area contributed by atoms with Crippen LogP contribution in [0.1, 0.15) is 35.2 Å². The van der Waals surface area contributed by atoms with Gasteiger partial charge in [-0.05, 0) is 54.3 Å². The first-order valence-electron chi connectivity index (χ1n) is 10.2. The molecule has 4 nitrogen and oxygen atoms in total. The van der Waals surface area contributed by atoms with Gasteiger partial charge in [-0.2, -0.15) is 0 Å². The molecule has 1 atom stereocenters. The Kier molecular flexibility index (Phi) is 6.09. The van der Waals surface area contributed by atoms with E-state index >= 15 is 0 Å². The summed E-state index contributed by atoms with van der Waals surface area (Å²) in [4.78, 5) is 27.8. The van der Waals surface area contributed by atoms with E-state index in [9.17, 15) is 14.7 Å². The summed E-state index contributed by atoms with van der Waals surface area (Å²) < 4.78 is 0. The molecule has 0 bridgehead atoms. The molecule has 1 saturated heterocycles. The molecule has 32 heavy (non-hydrogen) atoms. The fraction of sp³-hybridized carbons (Fsp3) is 0.154. The number of ketones is 1. The summed E-state index contributed by atoms with van der Waals surface area (Å²) in [6.45, 7) is 3.94. The summed E-state index contributed by atoms with van der Waals surface area (Å²) in [6, 6.07) is 18.7. The van der Waals surface area contributed by atoms with Crippen LogP contribution in [-0.2, 0) is 16.0 Å². The van der Waals surface area contributed by atoms with Gasteiger partial charge in [-0.15, -0.1) is 0 Å². The molecule has 4 rings (SSSR count). The third kappa shape index (κ3) is 3.92. The van der Waals surface area contributed by atoms with Gasteiger partial charge in [-0.25, -0.2) is 0 Å². The summed E-state index contributed by atoms with van der Waals surface area (Å²) in [5.41, 5.74) is 3.65. The van der Waals surface area contributed by atoms with E-state index in [0.29, 0.717) is 26.9 Å². The number of halogens is 2. The Labute approximate surface area is 196 Å². The predicted molar refractivity (Wildman–Crippen MR) is 128 cm³/mol. The Morgan fingerprint density at radius 3 is 2.31 bits per heavy atom. The Morgan fingerprint density at radius 1 is 0.969 bits per heavy atom. The minimum atomic E-state index is -0.850. The molecular formula is C26H21Cl2NO3. The number of benzene rings is 3. The first kappa shape index (κ1) is 22.1. The van der Waals surface area contributed by atoms with Gasteiger partial charge in [0.15, 0.2) is 0 Å². The molecule has 0 radical (unpaired) electrons. The lowest BCUT2D eigenvalue weighted by atomic mass is 9.94. The second-order valence-electron chi connectivity index (χ2n) is 7.73. The van der Waals surface area contributed by atoms with E-state index in [4.69, 9.17) is 23.2 Å². The zero-order chi connectivity index (χ0) is 23.0. The van der Waals surface area contributed by atoms with Crippen LogP contribution in [0.2, 0.25) is 10.0 Å². The Balaban J connectivity index is 1.95. The van der Waals surface area contributed by atoms with Crippen LogP contribution in [0, 0.1) is 6.92 Å². The third-order valence-corrected chi connectivity index (χ3v) is 6.36. The summed E-state index contributed by atoms with van der Waals surface area (Å²) >= 11 is 12.4. The average Bonchev–Trinajstić information content (AvgIpc) is 3.06. The van der Waals surface area contributed by atoms with Crippen molar-refractivity contribution in [1.82, 2.24) is 0 Å². The Morgan fingerprint density at radius 2 is 1.69 bits per heavy atom. The van der Waals surface area contributed by atoms with Gasteiger partial charge in [0.1, 0.15) is 5.76 Å². The number of carbonyl (C=O) groups excluding carboxylic acids is 2. The molecule has 1 fully saturated rings. The van der Waals surface area contributed by atoms with Crippen LogP contribution in [0.3, 0.4) is 0 Å². The lowest BCUT2D eigenvalue weighted by Crippen LogP contribution is -2.29. The number of aryl methyl sites for hydroxylation is 2. The van der Waals surface area contributed by atoms with E-state index < -0.39 is 17.7 Å². The third-order valence-electron chi connectivity index (χ3n) is 5.62. The second kappa shape index (κ2) is 8.81. The number of anilines is 1. The zero-order valence-corrected chi connectivity index (χ0v) is 19.1. The number of nitrogens with zero attached hydrogens (tertiary/aromatic N) is 1. The van der Waals surface area contributed by atoms with Gasteiger partial charge in [-0.3, -0.25) is 14.5 Å². The van der Waals surface area contributed by atoms with Crippen LogP contribution >= 0.6 is 23.2 Å². The number of hydrogen-bond acceptors (Lipinski definition) is 3. The second-order valence-corrected chi connectivity index (χ2v) is 8.55. The molecule has 0 aliphatic carbocycles. The van der Waals surface area contributed by atoms with Crippen LogP contribution in [0.4, 0.5) is 5.69 Å². The van der Waals surface area contributed by atoms with Gasteiger partial charge in [-0.1, -0.05) is 72.6 Å². The fourth-order valence-corrected chi connectivity index (χ4v) is 4.23. The highest BCUT2D eigenvalue weighted by atomic mass is 35.5. The number of hydrogen-bond donors (Lipinski definition) is 1. The highest BCUT2D eigenvalue weighted by Gasteiger charge is 2.47. The van der Waals surface area contributed by atoms with Crippen molar-refractivity contribution < 1.29 is 14.7 Å². The predicted octanol–water partition coefficient (Wildman–Crippen LogP) is 6.49. The summed E-state index contributed by atoms with van der Waals surface area (Å²) in [5, 5.41) is 11.8. The molecule has 6 heteroatoms. The molecule has 1 heterocycles. The highest BCUT2D eigenvalue weighted by molar-refractivity contribution is 6.51. The number of amides is 1. The van der Waals surface area contributed by atoms with Crippen LogP contribution in [0.5, 0.6) is 0 Å². The summed E-state index contributed by atoms with van der Waals surface area (Å²) in [6.07, 6.45) is 0.849. The molecular weight excluding hydrogens is 445 g/mol. The summed E-state index contributed by atoms with van der Waals surface area (Å²) in [5.74, 6) is -1.68. The molecule has 1 unspecified atom stereocenters. The molecule has 0 saturated carbocycles. The molecule has 0 spiro atoms. The van der Waals surface area contributed by atoms with Crippen LogP contribution < -0.4 is 4.90 Å². The van der Waals surface area contributed by atoms with Crippen molar-refractivity contribution in [3.8, 4) is 0 Å². The zero-order valence-electron chi connectivity index (χ0n) is 17.6. The van der Waals surface area contributed by atoms with Crippen molar-refractivity contribution in [2.24, 2.45) is 0 Å². The average molecular weight is 466 g/mol.